The Morgan fingerprint density at radius 2 is 1.63 bits per heavy atom. The maximum Gasteiger partial charge on any atom is 0.430 e. The highest BCUT2D eigenvalue weighted by molar-refractivity contribution is 5.76. The Morgan fingerprint density at radius 3 is 1.79 bits per heavy atom. The highest BCUT2D eigenvalue weighted by Crippen LogP contribution is 2.16. The van der Waals surface area contributed by atoms with Gasteiger partial charge < -0.3 is 20.7 Å². The van der Waals surface area contributed by atoms with E-state index in [1.54, 1.807) is 13.8 Å². The van der Waals surface area contributed by atoms with Crippen molar-refractivity contribution < 1.29 is 43.1 Å². The summed E-state index contributed by atoms with van der Waals surface area (Å²) in [5, 5.41) is 17.4. The number of hydrogen-bond acceptors (Lipinski definition) is 3. The predicted octanol–water partition coefficient (Wildman–Crippen LogP) is -0.246. The van der Waals surface area contributed by atoms with Crippen LogP contribution in [-0.2, 0) is 9.59 Å². The van der Waals surface area contributed by atoms with Gasteiger partial charge in [0.05, 0.1) is 0 Å². The van der Waals surface area contributed by atoms with Crippen molar-refractivity contribution in [1.82, 2.24) is 0 Å². The molecule has 5 nitrogen and oxygen atoms in total. The van der Waals surface area contributed by atoms with E-state index in [1.807, 2.05) is 0 Å². The lowest BCUT2D eigenvalue weighted by atomic mass is 9.92. The number of carbonyl (C=O) groups excluding carboxylic acids is 1. The SMILES string of the molecule is CC(C)C(F)CC(C)([NH3+])C(=O)O.O=C([O-])C(F)(F)F. The van der Waals surface area contributed by atoms with Gasteiger partial charge in [0.15, 0.2) is 5.54 Å². The zero-order valence-corrected chi connectivity index (χ0v) is 10.8. The first kappa shape index (κ1) is 19.9. The molecule has 0 spiro atoms. The third kappa shape index (κ3) is 9.23. The van der Waals surface area contributed by atoms with Crippen molar-refractivity contribution >= 4 is 11.9 Å². The van der Waals surface area contributed by atoms with E-state index in [-0.39, 0.29) is 12.3 Å². The second kappa shape index (κ2) is 7.27. The maximum absolute atomic E-state index is 13.1. The molecule has 0 aliphatic carbocycles. The first-order valence-corrected chi connectivity index (χ1v) is 5.22. The second-order valence-electron chi connectivity index (χ2n) is 4.62. The number of carboxylic acid groups (broad SMARTS) is 2. The Labute approximate surface area is 107 Å². The summed E-state index contributed by atoms with van der Waals surface area (Å²) in [6, 6.07) is 0. The Morgan fingerprint density at radius 1 is 1.32 bits per heavy atom. The lowest BCUT2D eigenvalue weighted by Gasteiger charge is -2.19. The van der Waals surface area contributed by atoms with Crippen molar-refractivity contribution in [1.29, 1.82) is 0 Å². The van der Waals surface area contributed by atoms with E-state index in [4.69, 9.17) is 15.0 Å². The van der Waals surface area contributed by atoms with Gasteiger partial charge in [-0.25, -0.2) is 9.18 Å². The van der Waals surface area contributed by atoms with E-state index < -0.39 is 29.8 Å². The van der Waals surface area contributed by atoms with Crippen LogP contribution in [0.25, 0.3) is 0 Å². The van der Waals surface area contributed by atoms with Crippen LogP contribution in [0.4, 0.5) is 17.6 Å². The van der Waals surface area contributed by atoms with Crippen molar-refractivity contribution in [2.45, 2.75) is 45.1 Å². The maximum atomic E-state index is 13.1. The molecule has 0 aromatic carbocycles. The molecule has 0 fully saturated rings. The van der Waals surface area contributed by atoms with Gasteiger partial charge in [0.1, 0.15) is 12.1 Å². The molecule has 0 rings (SSSR count). The quantitative estimate of drug-likeness (QED) is 0.697. The fourth-order valence-corrected chi connectivity index (χ4v) is 0.753. The van der Waals surface area contributed by atoms with E-state index in [0.717, 1.165) is 0 Å². The summed E-state index contributed by atoms with van der Waals surface area (Å²) in [6.45, 7) is 4.88. The molecule has 0 heterocycles. The third-order valence-electron chi connectivity index (χ3n) is 2.12. The van der Waals surface area contributed by atoms with Crippen molar-refractivity contribution in [3.05, 3.63) is 0 Å². The van der Waals surface area contributed by atoms with Crippen molar-refractivity contribution in [3.63, 3.8) is 0 Å². The summed E-state index contributed by atoms with van der Waals surface area (Å²) in [4.78, 5) is 19.3. The molecule has 2 unspecified atom stereocenters. The van der Waals surface area contributed by atoms with Crippen LogP contribution >= 0.6 is 0 Å². The Kier molecular flexibility index (Phi) is 7.63. The Hall–Kier alpha value is -1.38. The number of aliphatic carboxylic acids is 2. The summed E-state index contributed by atoms with van der Waals surface area (Å²) in [5.74, 6) is -4.20. The molecule has 0 aromatic heterocycles. The lowest BCUT2D eigenvalue weighted by molar-refractivity contribution is -0.460. The van der Waals surface area contributed by atoms with Gasteiger partial charge in [-0.3, -0.25) is 0 Å². The number of carbonyl (C=O) groups is 2. The number of rotatable bonds is 4. The normalized spacial score (nSPS) is 16.1. The van der Waals surface area contributed by atoms with Gasteiger partial charge >= 0.3 is 12.1 Å². The highest BCUT2D eigenvalue weighted by atomic mass is 19.4. The highest BCUT2D eigenvalue weighted by Gasteiger charge is 2.36. The molecule has 0 aliphatic rings. The number of alkyl halides is 4. The van der Waals surface area contributed by atoms with Gasteiger partial charge in [0, 0.05) is 13.3 Å². The summed E-state index contributed by atoms with van der Waals surface area (Å²) >= 11 is 0. The topological polar surface area (TPSA) is 105 Å². The predicted molar refractivity (Wildman–Crippen MR) is 54.3 cm³/mol. The fraction of sp³-hybridized carbons (Fsp3) is 0.800. The van der Waals surface area contributed by atoms with Gasteiger partial charge in [0.25, 0.3) is 0 Å². The van der Waals surface area contributed by atoms with Crippen LogP contribution in [0.2, 0.25) is 0 Å². The minimum Gasteiger partial charge on any atom is -0.542 e. The van der Waals surface area contributed by atoms with E-state index >= 15 is 0 Å². The summed E-state index contributed by atoms with van der Waals surface area (Å²) in [5.41, 5.74) is 2.25. The largest absolute Gasteiger partial charge is 0.542 e. The minimum atomic E-state index is -5.19. The van der Waals surface area contributed by atoms with Crippen LogP contribution in [0.1, 0.15) is 27.2 Å². The van der Waals surface area contributed by atoms with Crippen molar-refractivity contribution in [2.75, 3.05) is 0 Å². The summed E-state index contributed by atoms with van der Waals surface area (Å²) in [7, 11) is 0. The molecule has 4 N–H and O–H groups in total. The van der Waals surface area contributed by atoms with Crippen LogP contribution in [0.3, 0.4) is 0 Å². The fourth-order valence-electron chi connectivity index (χ4n) is 0.753. The Balaban J connectivity index is 0. The molecular weight excluding hydrogens is 274 g/mol. The van der Waals surface area contributed by atoms with Crippen LogP contribution in [0.15, 0.2) is 0 Å². The van der Waals surface area contributed by atoms with Gasteiger partial charge in [-0.2, -0.15) is 13.2 Å². The van der Waals surface area contributed by atoms with Crippen LogP contribution < -0.4 is 10.8 Å². The molecule has 0 saturated carbocycles. The van der Waals surface area contributed by atoms with Crippen molar-refractivity contribution in [3.8, 4) is 0 Å². The number of quaternary nitrogens is 1. The van der Waals surface area contributed by atoms with Gasteiger partial charge in [0.2, 0.25) is 0 Å². The number of halogens is 4. The first-order valence-electron chi connectivity index (χ1n) is 5.22. The van der Waals surface area contributed by atoms with Gasteiger partial charge in [-0.15, -0.1) is 0 Å². The van der Waals surface area contributed by atoms with Gasteiger partial charge in [-0.1, -0.05) is 13.8 Å². The van der Waals surface area contributed by atoms with E-state index in [1.165, 1.54) is 6.92 Å². The van der Waals surface area contributed by atoms with E-state index in [2.05, 4.69) is 5.73 Å². The summed E-state index contributed by atoms with van der Waals surface area (Å²) < 4.78 is 44.6. The Bertz CT molecular complexity index is 315. The smallest absolute Gasteiger partial charge is 0.430 e. The monoisotopic (exact) mass is 291 g/mol. The average Bonchev–Trinajstić information content (AvgIpc) is 2.15. The molecule has 0 aromatic rings. The molecule has 0 saturated heterocycles. The molecular formula is C10H17F4NO4. The number of hydrogen-bond donors (Lipinski definition) is 2. The van der Waals surface area contributed by atoms with Crippen molar-refractivity contribution in [2.24, 2.45) is 5.92 Å². The van der Waals surface area contributed by atoms with Gasteiger partial charge in [-0.05, 0) is 5.92 Å². The molecule has 2 atom stereocenters. The average molecular weight is 291 g/mol. The van der Waals surface area contributed by atoms with E-state index in [9.17, 15) is 22.4 Å². The molecule has 0 aliphatic heterocycles. The zero-order chi connectivity index (χ0) is 16.0. The first-order chi connectivity index (χ1) is 8.21. The summed E-state index contributed by atoms with van der Waals surface area (Å²) in [6.07, 6.45) is -6.32. The van der Waals surface area contributed by atoms with E-state index in [0.29, 0.717) is 0 Å². The second-order valence-corrected chi connectivity index (χ2v) is 4.62. The molecule has 0 amide bonds. The third-order valence-corrected chi connectivity index (χ3v) is 2.12. The van der Waals surface area contributed by atoms with Crippen LogP contribution in [-0.4, -0.2) is 34.9 Å². The van der Waals surface area contributed by atoms with Crippen LogP contribution in [0.5, 0.6) is 0 Å². The van der Waals surface area contributed by atoms with Crippen LogP contribution in [0, 0.1) is 5.92 Å². The molecule has 9 heteroatoms. The zero-order valence-electron chi connectivity index (χ0n) is 10.8. The molecule has 19 heavy (non-hydrogen) atoms. The molecule has 0 bridgehead atoms. The minimum absolute atomic E-state index is 0.0278. The lowest BCUT2D eigenvalue weighted by Crippen LogP contribution is -2.75. The molecule has 114 valence electrons. The standard InChI is InChI=1S/C8H16FNO2.C2HF3O2/c1-5(2)6(9)4-8(3,10)7(11)12;3-2(4,5)1(6)7/h5-6H,4,10H2,1-3H3,(H,11,12);(H,6,7). The number of carboxylic acids is 2. The molecule has 0 radical (unpaired) electrons.